The molecule has 0 radical (unpaired) electrons. The molecule has 0 unspecified atom stereocenters. The Hall–Kier alpha value is -3.51. The first-order valence-electron chi connectivity index (χ1n) is 9.02. The molecule has 2 amide bonds. The standard InChI is InChI=1S/C22H19ClN4O2/c1-29-21-5-2-17(23)13-19(21)26-22(28)25-18-3-4-20-16(12-18)8-11-27(20)14-15-6-9-24-10-7-15/h2-13H,14H2,1H3,(H2,25,26,28). The molecule has 4 rings (SSSR count). The van der Waals surface area contributed by atoms with Crippen molar-refractivity contribution in [1.82, 2.24) is 9.55 Å². The molecule has 6 nitrogen and oxygen atoms in total. The normalized spacial score (nSPS) is 10.7. The number of ether oxygens (including phenoxy) is 1. The number of fused-ring (bicyclic) bond motifs is 1. The lowest BCUT2D eigenvalue weighted by molar-refractivity contribution is 0.262. The summed E-state index contributed by atoms with van der Waals surface area (Å²) >= 11 is 6.01. The van der Waals surface area contributed by atoms with Crippen LogP contribution in [0.25, 0.3) is 10.9 Å². The van der Waals surface area contributed by atoms with Crippen LogP contribution in [-0.2, 0) is 6.54 Å². The maximum absolute atomic E-state index is 12.4. The van der Waals surface area contributed by atoms with E-state index in [4.69, 9.17) is 16.3 Å². The van der Waals surface area contributed by atoms with Gasteiger partial charge in [-0.25, -0.2) is 4.79 Å². The first kappa shape index (κ1) is 18.8. The van der Waals surface area contributed by atoms with Gasteiger partial charge < -0.3 is 19.9 Å². The SMILES string of the molecule is COc1ccc(Cl)cc1NC(=O)Nc1ccc2c(ccn2Cc2ccncc2)c1. The summed E-state index contributed by atoms with van der Waals surface area (Å²) in [6.07, 6.45) is 5.61. The van der Waals surface area contributed by atoms with Gasteiger partial charge in [-0.1, -0.05) is 11.6 Å². The number of anilines is 2. The van der Waals surface area contributed by atoms with Crippen molar-refractivity contribution in [3.8, 4) is 5.75 Å². The van der Waals surface area contributed by atoms with Gasteiger partial charge in [0.15, 0.2) is 0 Å². The minimum absolute atomic E-state index is 0.374. The van der Waals surface area contributed by atoms with E-state index in [-0.39, 0.29) is 6.03 Å². The van der Waals surface area contributed by atoms with E-state index < -0.39 is 0 Å². The lowest BCUT2D eigenvalue weighted by Crippen LogP contribution is -2.19. The summed E-state index contributed by atoms with van der Waals surface area (Å²) < 4.78 is 7.41. The predicted molar refractivity (Wildman–Crippen MR) is 116 cm³/mol. The third-order valence-corrected chi connectivity index (χ3v) is 4.78. The molecule has 2 aromatic carbocycles. The fourth-order valence-corrected chi connectivity index (χ4v) is 3.34. The maximum atomic E-state index is 12.4. The number of pyridine rings is 1. The van der Waals surface area contributed by atoms with Crippen molar-refractivity contribution in [3.63, 3.8) is 0 Å². The highest BCUT2D eigenvalue weighted by Crippen LogP contribution is 2.28. The second-order valence-corrected chi connectivity index (χ2v) is 6.93. The molecular formula is C22H19ClN4O2. The fourth-order valence-electron chi connectivity index (χ4n) is 3.16. The van der Waals surface area contributed by atoms with Crippen molar-refractivity contribution in [2.24, 2.45) is 0 Å². The Morgan fingerprint density at radius 1 is 1.07 bits per heavy atom. The lowest BCUT2D eigenvalue weighted by atomic mass is 10.2. The summed E-state index contributed by atoms with van der Waals surface area (Å²) in [7, 11) is 1.54. The van der Waals surface area contributed by atoms with Crippen molar-refractivity contribution in [1.29, 1.82) is 0 Å². The zero-order chi connectivity index (χ0) is 20.2. The molecule has 0 aliphatic rings. The number of carbonyl (C=O) groups excluding carboxylic acids is 1. The molecule has 0 bridgehead atoms. The van der Waals surface area contributed by atoms with Crippen LogP contribution in [0.4, 0.5) is 16.2 Å². The molecule has 0 spiro atoms. The van der Waals surface area contributed by atoms with E-state index in [9.17, 15) is 4.79 Å². The molecule has 146 valence electrons. The van der Waals surface area contributed by atoms with Gasteiger partial charge in [0.05, 0.1) is 12.8 Å². The van der Waals surface area contributed by atoms with E-state index in [1.165, 1.54) is 12.7 Å². The van der Waals surface area contributed by atoms with Gasteiger partial charge in [-0.05, 0) is 60.2 Å². The number of urea groups is 1. The molecule has 2 N–H and O–H groups in total. The minimum atomic E-state index is -0.374. The van der Waals surface area contributed by atoms with E-state index in [1.54, 1.807) is 30.6 Å². The van der Waals surface area contributed by atoms with E-state index >= 15 is 0 Å². The van der Waals surface area contributed by atoms with E-state index in [1.807, 2.05) is 42.6 Å². The summed E-state index contributed by atoms with van der Waals surface area (Å²) in [5.74, 6) is 0.535. The second-order valence-electron chi connectivity index (χ2n) is 6.50. The molecule has 2 aromatic heterocycles. The number of nitrogens with one attached hydrogen (secondary N) is 2. The molecule has 0 atom stereocenters. The zero-order valence-corrected chi connectivity index (χ0v) is 16.5. The van der Waals surface area contributed by atoms with Gasteiger partial charge in [0, 0.05) is 46.7 Å². The van der Waals surface area contributed by atoms with Crippen LogP contribution < -0.4 is 15.4 Å². The number of rotatable bonds is 5. The summed E-state index contributed by atoms with van der Waals surface area (Å²) in [5, 5.41) is 7.16. The van der Waals surface area contributed by atoms with Crippen LogP contribution in [0.2, 0.25) is 5.02 Å². The fraction of sp³-hybridized carbons (Fsp3) is 0.0909. The first-order chi connectivity index (χ1) is 14.1. The number of hydrogen-bond acceptors (Lipinski definition) is 3. The topological polar surface area (TPSA) is 68.2 Å². The number of carbonyl (C=O) groups is 1. The van der Waals surface area contributed by atoms with E-state index in [0.29, 0.717) is 22.1 Å². The van der Waals surface area contributed by atoms with Crippen LogP contribution in [-0.4, -0.2) is 22.7 Å². The maximum Gasteiger partial charge on any atom is 0.323 e. The Labute approximate surface area is 173 Å². The number of hydrogen-bond donors (Lipinski definition) is 2. The molecule has 7 heteroatoms. The summed E-state index contributed by atoms with van der Waals surface area (Å²) in [6.45, 7) is 0.758. The van der Waals surface area contributed by atoms with E-state index in [0.717, 1.165) is 17.4 Å². The van der Waals surface area contributed by atoms with Crippen LogP contribution >= 0.6 is 11.6 Å². The Kier molecular flexibility index (Phi) is 5.35. The second kappa shape index (κ2) is 8.24. The molecule has 29 heavy (non-hydrogen) atoms. The Balaban J connectivity index is 1.49. The average molecular weight is 407 g/mol. The number of amides is 2. The molecule has 0 aliphatic heterocycles. The van der Waals surface area contributed by atoms with Crippen molar-refractivity contribution < 1.29 is 9.53 Å². The number of benzene rings is 2. The zero-order valence-electron chi connectivity index (χ0n) is 15.7. The third kappa shape index (κ3) is 4.33. The molecular weight excluding hydrogens is 388 g/mol. The Bertz CT molecular complexity index is 1160. The van der Waals surface area contributed by atoms with Crippen LogP contribution in [0.15, 0.2) is 73.2 Å². The van der Waals surface area contributed by atoms with Gasteiger partial charge in [0.2, 0.25) is 0 Å². The molecule has 2 heterocycles. The van der Waals surface area contributed by atoms with Gasteiger partial charge in [0.25, 0.3) is 0 Å². The van der Waals surface area contributed by atoms with Gasteiger partial charge in [-0.3, -0.25) is 4.98 Å². The van der Waals surface area contributed by atoms with Crippen LogP contribution in [0.5, 0.6) is 5.75 Å². The van der Waals surface area contributed by atoms with Crippen molar-refractivity contribution >= 4 is 39.9 Å². The summed E-state index contributed by atoms with van der Waals surface area (Å²) in [6, 6.07) is 16.5. The number of methoxy groups -OCH3 is 1. The molecule has 4 aromatic rings. The van der Waals surface area contributed by atoms with E-state index in [2.05, 4.69) is 20.2 Å². The van der Waals surface area contributed by atoms with Crippen LogP contribution in [0, 0.1) is 0 Å². The van der Waals surface area contributed by atoms with Crippen molar-refractivity contribution in [3.05, 3.63) is 83.8 Å². The highest BCUT2D eigenvalue weighted by atomic mass is 35.5. The molecule has 0 saturated heterocycles. The van der Waals surface area contributed by atoms with Gasteiger partial charge >= 0.3 is 6.03 Å². The monoisotopic (exact) mass is 406 g/mol. The van der Waals surface area contributed by atoms with Crippen molar-refractivity contribution in [2.45, 2.75) is 6.54 Å². The lowest BCUT2D eigenvalue weighted by Gasteiger charge is -2.12. The van der Waals surface area contributed by atoms with Gasteiger partial charge in [-0.15, -0.1) is 0 Å². The average Bonchev–Trinajstić information content (AvgIpc) is 3.11. The van der Waals surface area contributed by atoms with Crippen LogP contribution in [0.3, 0.4) is 0 Å². The molecule has 0 fully saturated rings. The first-order valence-corrected chi connectivity index (χ1v) is 9.39. The smallest absolute Gasteiger partial charge is 0.323 e. The minimum Gasteiger partial charge on any atom is -0.495 e. The third-order valence-electron chi connectivity index (χ3n) is 4.54. The molecule has 0 saturated carbocycles. The highest BCUT2D eigenvalue weighted by molar-refractivity contribution is 6.31. The van der Waals surface area contributed by atoms with Crippen molar-refractivity contribution in [2.75, 3.05) is 17.7 Å². The quantitative estimate of drug-likeness (QED) is 0.467. The Morgan fingerprint density at radius 2 is 1.90 bits per heavy atom. The van der Waals surface area contributed by atoms with Gasteiger partial charge in [0.1, 0.15) is 5.75 Å². The number of aromatic nitrogens is 2. The summed E-state index contributed by atoms with van der Waals surface area (Å²) in [4.78, 5) is 16.5. The van der Waals surface area contributed by atoms with Crippen LogP contribution in [0.1, 0.15) is 5.56 Å². The highest BCUT2D eigenvalue weighted by Gasteiger charge is 2.10. The predicted octanol–water partition coefficient (Wildman–Crippen LogP) is 5.39. The number of halogens is 1. The largest absolute Gasteiger partial charge is 0.495 e. The van der Waals surface area contributed by atoms with Gasteiger partial charge in [-0.2, -0.15) is 0 Å². The number of nitrogens with zero attached hydrogens (tertiary/aromatic N) is 2. The molecule has 0 aliphatic carbocycles. The summed E-state index contributed by atoms with van der Waals surface area (Å²) in [5.41, 5.74) is 3.46. The Morgan fingerprint density at radius 3 is 2.69 bits per heavy atom.